The van der Waals surface area contributed by atoms with E-state index in [0.717, 1.165) is 5.56 Å². The van der Waals surface area contributed by atoms with Crippen LogP contribution in [-0.2, 0) is 21.0 Å². The smallest absolute Gasteiger partial charge is 0.298 e. The maximum atomic E-state index is 11.0. The van der Waals surface area contributed by atoms with Crippen molar-refractivity contribution in [3.8, 4) is 0 Å². The van der Waals surface area contributed by atoms with Crippen molar-refractivity contribution in [3.05, 3.63) is 35.9 Å². The van der Waals surface area contributed by atoms with Crippen LogP contribution in [0.1, 0.15) is 18.9 Å². The van der Waals surface area contributed by atoms with Crippen LogP contribution in [-0.4, -0.2) is 12.6 Å². The molecule has 0 N–H and O–H groups in total. The van der Waals surface area contributed by atoms with E-state index < -0.39 is 0 Å². The zero-order valence-electron chi connectivity index (χ0n) is 8.23. The van der Waals surface area contributed by atoms with Crippen LogP contribution in [0.5, 0.6) is 0 Å². The summed E-state index contributed by atoms with van der Waals surface area (Å²) in [6.07, 6.45) is 1.04. The van der Waals surface area contributed by atoms with Gasteiger partial charge in [0.2, 0.25) is 0 Å². The third-order valence-electron chi connectivity index (χ3n) is 1.73. The quantitative estimate of drug-likeness (QED) is 0.532. The topological polar surface area (TPSA) is 35.5 Å². The molecule has 0 atom stereocenters. The summed E-state index contributed by atoms with van der Waals surface area (Å²) < 4.78 is 0. The van der Waals surface area contributed by atoms with Gasteiger partial charge in [0.1, 0.15) is 0 Å². The van der Waals surface area contributed by atoms with Crippen molar-refractivity contribution in [2.24, 2.45) is 0 Å². The molecule has 1 aromatic carbocycles. The number of aryl methyl sites for hydroxylation is 1. The second-order valence-electron chi connectivity index (χ2n) is 2.85. The van der Waals surface area contributed by atoms with E-state index in [1.807, 2.05) is 30.3 Å². The highest BCUT2D eigenvalue weighted by Crippen LogP contribution is 2.03. The molecule has 76 valence electrons. The van der Waals surface area contributed by atoms with E-state index in [9.17, 15) is 4.79 Å². The van der Waals surface area contributed by atoms with Crippen LogP contribution in [0.2, 0.25) is 0 Å². The standard InChI is InChI=1S/C11H14O3/c1-2-13-14-11(12)9-8-10-6-4-3-5-7-10/h3-7H,2,8-9H2,1H3. The first-order chi connectivity index (χ1) is 6.83. The van der Waals surface area contributed by atoms with Crippen molar-refractivity contribution in [2.75, 3.05) is 6.61 Å². The minimum Gasteiger partial charge on any atom is -0.298 e. The van der Waals surface area contributed by atoms with Crippen molar-refractivity contribution in [1.82, 2.24) is 0 Å². The molecule has 1 aromatic rings. The summed E-state index contributed by atoms with van der Waals surface area (Å²) in [6.45, 7) is 2.15. The zero-order valence-corrected chi connectivity index (χ0v) is 8.23. The van der Waals surface area contributed by atoms with E-state index in [1.54, 1.807) is 6.92 Å². The Kier molecular flexibility index (Phi) is 4.72. The SMILES string of the molecule is CCOOC(=O)CCc1ccccc1. The summed E-state index contributed by atoms with van der Waals surface area (Å²) in [6, 6.07) is 9.80. The molecule has 0 bridgehead atoms. The number of rotatable bonds is 5. The first kappa shape index (κ1) is 10.7. The number of carbonyl (C=O) groups excluding carboxylic acids is 1. The van der Waals surface area contributed by atoms with Crippen LogP contribution in [0.3, 0.4) is 0 Å². The number of hydrogen-bond donors (Lipinski definition) is 0. The van der Waals surface area contributed by atoms with E-state index in [1.165, 1.54) is 0 Å². The average Bonchev–Trinajstić information content (AvgIpc) is 2.25. The molecule has 0 aliphatic rings. The highest BCUT2D eigenvalue weighted by Gasteiger charge is 2.03. The molecule has 1 rings (SSSR count). The zero-order chi connectivity index (χ0) is 10.2. The fourth-order valence-electron chi connectivity index (χ4n) is 1.06. The summed E-state index contributed by atoms with van der Waals surface area (Å²) in [5, 5.41) is 0. The molecular weight excluding hydrogens is 180 g/mol. The lowest BCUT2D eigenvalue weighted by Crippen LogP contribution is -2.06. The number of carbonyl (C=O) groups is 1. The molecule has 0 aliphatic carbocycles. The molecule has 0 fully saturated rings. The molecule has 0 aromatic heterocycles. The Bertz CT molecular complexity index is 269. The second-order valence-corrected chi connectivity index (χ2v) is 2.85. The van der Waals surface area contributed by atoms with Crippen LogP contribution in [0.4, 0.5) is 0 Å². The third kappa shape index (κ3) is 4.05. The van der Waals surface area contributed by atoms with Crippen molar-refractivity contribution in [3.63, 3.8) is 0 Å². The Morgan fingerprint density at radius 2 is 2.00 bits per heavy atom. The predicted molar refractivity (Wildman–Crippen MR) is 52.5 cm³/mol. The Labute approximate surface area is 83.6 Å². The van der Waals surface area contributed by atoms with Crippen LogP contribution in [0.25, 0.3) is 0 Å². The van der Waals surface area contributed by atoms with E-state index >= 15 is 0 Å². The monoisotopic (exact) mass is 194 g/mol. The van der Waals surface area contributed by atoms with Gasteiger partial charge in [0, 0.05) is 0 Å². The number of hydrogen-bond acceptors (Lipinski definition) is 3. The molecule has 0 unspecified atom stereocenters. The van der Waals surface area contributed by atoms with Crippen LogP contribution >= 0.6 is 0 Å². The lowest BCUT2D eigenvalue weighted by molar-refractivity contribution is -0.269. The highest BCUT2D eigenvalue weighted by molar-refractivity contribution is 5.68. The Hall–Kier alpha value is -1.35. The Balaban J connectivity index is 2.24. The van der Waals surface area contributed by atoms with Gasteiger partial charge >= 0.3 is 5.97 Å². The maximum absolute atomic E-state index is 11.0. The molecule has 0 heterocycles. The van der Waals surface area contributed by atoms with E-state index in [4.69, 9.17) is 0 Å². The molecule has 0 radical (unpaired) electrons. The van der Waals surface area contributed by atoms with Gasteiger partial charge in [-0.05, 0) is 18.9 Å². The average molecular weight is 194 g/mol. The van der Waals surface area contributed by atoms with E-state index in [0.29, 0.717) is 19.4 Å². The molecular formula is C11H14O3. The molecule has 3 heteroatoms. The van der Waals surface area contributed by atoms with E-state index in [2.05, 4.69) is 9.78 Å². The van der Waals surface area contributed by atoms with Gasteiger partial charge in [-0.15, -0.1) is 0 Å². The fourth-order valence-corrected chi connectivity index (χ4v) is 1.06. The summed E-state index contributed by atoms with van der Waals surface area (Å²) in [5.74, 6) is -0.323. The van der Waals surface area contributed by atoms with Gasteiger partial charge in [-0.2, -0.15) is 4.89 Å². The first-order valence-electron chi connectivity index (χ1n) is 4.69. The molecule has 0 amide bonds. The van der Waals surface area contributed by atoms with Crippen LogP contribution in [0, 0.1) is 0 Å². The van der Waals surface area contributed by atoms with Gasteiger partial charge in [0.05, 0.1) is 13.0 Å². The Morgan fingerprint density at radius 3 is 2.64 bits per heavy atom. The summed E-state index contributed by atoms with van der Waals surface area (Å²) >= 11 is 0. The van der Waals surface area contributed by atoms with Gasteiger partial charge in [0.15, 0.2) is 0 Å². The van der Waals surface area contributed by atoms with Crippen molar-refractivity contribution < 1.29 is 14.6 Å². The van der Waals surface area contributed by atoms with Gasteiger partial charge in [-0.25, -0.2) is 4.79 Å². The summed E-state index contributed by atoms with van der Waals surface area (Å²) in [4.78, 5) is 20.0. The van der Waals surface area contributed by atoms with Crippen molar-refractivity contribution in [1.29, 1.82) is 0 Å². The molecule has 0 saturated carbocycles. The molecule has 14 heavy (non-hydrogen) atoms. The summed E-state index contributed by atoms with van der Waals surface area (Å²) in [5.41, 5.74) is 1.13. The van der Waals surface area contributed by atoms with Crippen molar-refractivity contribution in [2.45, 2.75) is 19.8 Å². The lowest BCUT2D eigenvalue weighted by atomic mass is 10.1. The van der Waals surface area contributed by atoms with Crippen molar-refractivity contribution >= 4 is 5.97 Å². The van der Waals surface area contributed by atoms with E-state index in [-0.39, 0.29) is 5.97 Å². The molecule has 3 nitrogen and oxygen atoms in total. The summed E-state index contributed by atoms with van der Waals surface area (Å²) in [7, 11) is 0. The lowest BCUT2D eigenvalue weighted by Gasteiger charge is -2.01. The largest absolute Gasteiger partial charge is 0.342 e. The normalized spacial score (nSPS) is 9.79. The van der Waals surface area contributed by atoms with Gasteiger partial charge in [-0.3, -0.25) is 4.89 Å². The van der Waals surface area contributed by atoms with Gasteiger partial charge in [-0.1, -0.05) is 30.3 Å². The van der Waals surface area contributed by atoms with Gasteiger partial charge < -0.3 is 0 Å². The Morgan fingerprint density at radius 1 is 1.29 bits per heavy atom. The highest BCUT2D eigenvalue weighted by atomic mass is 17.2. The first-order valence-corrected chi connectivity index (χ1v) is 4.69. The fraction of sp³-hybridized carbons (Fsp3) is 0.364. The minimum absolute atomic E-state index is 0.323. The maximum Gasteiger partial charge on any atom is 0.342 e. The minimum atomic E-state index is -0.323. The third-order valence-corrected chi connectivity index (χ3v) is 1.73. The van der Waals surface area contributed by atoms with Crippen LogP contribution in [0.15, 0.2) is 30.3 Å². The molecule has 0 spiro atoms. The molecule has 0 aliphatic heterocycles. The second kappa shape index (κ2) is 6.16. The number of benzene rings is 1. The molecule has 0 saturated heterocycles. The van der Waals surface area contributed by atoms with Gasteiger partial charge in [0.25, 0.3) is 0 Å². The van der Waals surface area contributed by atoms with Crippen LogP contribution < -0.4 is 0 Å². The predicted octanol–water partition coefficient (Wildman–Crippen LogP) is 2.11.